The zero-order valence-electron chi connectivity index (χ0n) is 15.3. The van der Waals surface area contributed by atoms with E-state index in [1.54, 1.807) is 0 Å². The molecule has 2 aromatic rings. The molecule has 0 atom stereocenters. The van der Waals surface area contributed by atoms with Gasteiger partial charge in [0.15, 0.2) is 5.58 Å². The number of nitro groups is 1. The molecule has 2 saturated carbocycles. The molecule has 27 heavy (non-hydrogen) atoms. The third-order valence-electron chi connectivity index (χ3n) is 5.76. The summed E-state index contributed by atoms with van der Waals surface area (Å²) < 4.78 is 6.42. The third-order valence-corrected chi connectivity index (χ3v) is 5.76. The second kappa shape index (κ2) is 6.83. The second-order valence-corrected chi connectivity index (χ2v) is 7.81. The molecule has 0 bridgehead atoms. The van der Waals surface area contributed by atoms with E-state index in [2.05, 4.69) is 6.92 Å². The number of benzene rings is 1. The van der Waals surface area contributed by atoms with Gasteiger partial charge in [-0.25, -0.2) is 4.79 Å². The van der Waals surface area contributed by atoms with Crippen molar-refractivity contribution >= 4 is 22.7 Å². The van der Waals surface area contributed by atoms with Crippen LogP contribution in [0, 0.1) is 16.0 Å². The molecule has 1 aromatic heterocycles. The molecule has 0 spiro atoms. The van der Waals surface area contributed by atoms with Crippen molar-refractivity contribution in [2.45, 2.75) is 64.1 Å². The first kappa shape index (κ1) is 17.8. The van der Waals surface area contributed by atoms with Gasteiger partial charge in [-0.1, -0.05) is 6.92 Å². The highest BCUT2D eigenvalue weighted by atomic mass is 16.6. The van der Waals surface area contributed by atoms with E-state index in [0.29, 0.717) is 11.4 Å². The Morgan fingerprint density at radius 1 is 1.22 bits per heavy atom. The van der Waals surface area contributed by atoms with Crippen molar-refractivity contribution in [3.05, 3.63) is 38.9 Å². The Kier molecular flexibility index (Phi) is 4.49. The van der Waals surface area contributed by atoms with E-state index in [0.717, 1.165) is 38.5 Å². The van der Waals surface area contributed by atoms with Crippen LogP contribution in [0.25, 0.3) is 11.1 Å². The lowest BCUT2D eigenvalue weighted by molar-refractivity contribution is -0.384. The van der Waals surface area contributed by atoms with E-state index in [9.17, 15) is 19.7 Å². The highest BCUT2D eigenvalue weighted by Gasteiger charge is 2.38. The maximum Gasteiger partial charge on any atom is 0.420 e. The zero-order chi connectivity index (χ0) is 19.1. The average Bonchev–Trinajstić information content (AvgIpc) is 3.41. The fourth-order valence-electron chi connectivity index (χ4n) is 4.11. The van der Waals surface area contributed by atoms with Gasteiger partial charge >= 0.3 is 5.76 Å². The summed E-state index contributed by atoms with van der Waals surface area (Å²) >= 11 is 0. The quantitative estimate of drug-likeness (QED) is 0.592. The molecular weight excluding hydrogens is 350 g/mol. The standard InChI is InChI=1S/C19H23N3O5/c1-12-2-4-13(5-3-12)21(14-6-7-14)18(23)11-20-16-9-8-15(22(25)26)10-17(16)27-19(20)24/h8-10,12-14H,2-7,11H2,1H3. The molecule has 0 saturated heterocycles. The number of nitrogens with zero attached hydrogens (tertiary/aromatic N) is 3. The van der Waals surface area contributed by atoms with Gasteiger partial charge in [0, 0.05) is 18.2 Å². The minimum absolute atomic E-state index is 0.0693. The smallest absolute Gasteiger partial charge is 0.407 e. The number of rotatable bonds is 5. The average molecular weight is 373 g/mol. The molecule has 2 aliphatic rings. The molecule has 144 valence electrons. The minimum atomic E-state index is -0.660. The highest BCUT2D eigenvalue weighted by molar-refractivity contribution is 5.81. The summed E-state index contributed by atoms with van der Waals surface area (Å²) in [5, 5.41) is 10.9. The lowest BCUT2D eigenvalue weighted by atomic mass is 9.86. The van der Waals surface area contributed by atoms with Gasteiger partial charge in [0.05, 0.1) is 16.5 Å². The van der Waals surface area contributed by atoms with Gasteiger partial charge in [0.1, 0.15) is 6.54 Å². The molecule has 1 amide bonds. The molecule has 2 fully saturated rings. The Hall–Kier alpha value is -2.64. The van der Waals surface area contributed by atoms with Crippen LogP contribution in [0.1, 0.15) is 45.4 Å². The number of oxazole rings is 1. The van der Waals surface area contributed by atoms with E-state index in [-0.39, 0.29) is 35.8 Å². The van der Waals surface area contributed by atoms with Crippen LogP contribution in [0.3, 0.4) is 0 Å². The number of nitro benzene ring substituents is 1. The van der Waals surface area contributed by atoms with Crippen molar-refractivity contribution in [2.24, 2.45) is 5.92 Å². The van der Waals surface area contributed by atoms with E-state index in [1.807, 2.05) is 4.90 Å². The number of non-ortho nitro benzene ring substituents is 1. The second-order valence-electron chi connectivity index (χ2n) is 7.81. The van der Waals surface area contributed by atoms with Crippen LogP contribution in [0.2, 0.25) is 0 Å². The van der Waals surface area contributed by atoms with E-state index >= 15 is 0 Å². The number of hydrogen-bond acceptors (Lipinski definition) is 5. The van der Waals surface area contributed by atoms with E-state index < -0.39 is 10.7 Å². The Morgan fingerprint density at radius 3 is 2.44 bits per heavy atom. The molecule has 1 aromatic carbocycles. The normalized spacial score (nSPS) is 22.7. The Balaban J connectivity index is 1.58. The first-order chi connectivity index (χ1) is 12.9. The van der Waals surface area contributed by atoms with Crippen LogP contribution in [0.4, 0.5) is 5.69 Å². The van der Waals surface area contributed by atoms with Crippen molar-refractivity contribution < 1.29 is 14.1 Å². The van der Waals surface area contributed by atoms with Gasteiger partial charge < -0.3 is 9.32 Å². The number of aromatic nitrogens is 1. The number of carbonyl (C=O) groups excluding carboxylic acids is 1. The summed E-state index contributed by atoms with van der Waals surface area (Å²) in [6, 6.07) is 4.54. The van der Waals surface area contributed by atoms with Gasteiger partial charge in [0.25, 0.3) is 5.69 Å². The van der Waals surface area contributed by atoms with Gasteiger partial charge in [-0.15, -0.1) is 0 Å². The first-order valence-electron chi connectivity index (χ1n) is 9.53. The van der Waals surface area contributed by atoms with E-state index in [1.165, 1.54) is 22.8 Å². The Labute approximate surface area is 155 Å². The summed E-state index contributed by atoms with van der Waals surface area (Å²) in [6.07, 6.45) is 6.31. The van der Waals surface area contributed by atoms with Crippen molar-refractivity contribution in [1.82, 2.24) is 9.47 Å². The Morgan fingerprint density at radius 2 is 1.85 bits per heavy atom. The maximum atomic E-state index is 13.1. The molecule has 8 nitrogen and oxygen atoms in total. The van der Waals surface area contributed by atoms with E-state index in [4.69, 9.17) is 4.42 Å². The number of carbonyl (C=O) groups is 1. The molecule has 0 aliphatic heterocycles. The van der Waals surface area contributed by atoms with Crippen molar-refractivity contribution in [3.8, 4) is 0 Å². The molecular formula is C19H23N3O5. The van der Waals surface area contributed by atoms with Gasteiger partial charge in [-0.05, 0) is 50.5 Å². The predicted octanol–water partition coefficient (Wildman–Crippen LogP) is 3.07. The van der Waals surface area contributed by atoms with Crippen LogP contribution in [-0.4, -0.2) is 32.4 Å². The van der Waals surface area contributed by atoms with Crippen molar-refractivity contribution in [2.75, 3.05) is 0 Å². The van der Waals surface area contributed by atoms with Crippen LogP contribution in [0.15, 0.2) is 27.4 Å². The first-order valence-corrected chi connectivity index (χ1v) is 9.53. The highest BCUT2D eigenvalue weighted by Crippen LogP contribution is 2.35. The largest absolute Gasteiger partial charge is 0.420 e. The van der Waals surface area contributed by atoms with Gasteiger partial charge in [-0.3, -0.25) is 19.5 Å². The number of hydrogen-bond donors (Lipinski definition) is 0. The summed E-state index contributed by atoms with van der Waals surface area (Å²) in [4.78, 5) is 37.6. The van der Waals surface area contributed by atoms with Crippen LogP contribution < -0.4 is 5.76 Å². The summed E-state index contributed by atoms with van der Waals surface area (Å²) in [5.41, 5.74) is 0.393. The lowest BCUT2D eigenvalue weighted by Crippen LogP contribution is -2.45. The van der Waals surface area contributed by atoms with Crippen molar-refractivity contribution in [1.29, 1.82) is 0 Å². The minimum Gasteiger partial charge on any atom is -0.407 e. The molecule has 2 aliphatic carbocycles. The summed E-state index contributed by atoms with van der Waals surface area (Å²) in [7, 11) is 0. The molecule has 0 N–H and O–H groups in total. The fraction of sp³-hybridized carbons (Fsp3) is 0.579. The van der Waals surface area contributed by atoms with Gasteiger partial charge in [0.2, 0.25) is 5.91 Å². The maximum absolute atomic E-state index is 13.1. The van der Waals surface area contributed by atoms with Crippen LogP contribution in [-0.2, 0) is 11.3 Å². The SMILES string of the molecule is CC1CCC(N(C(=O)Cn2c(=O)oc3cc([N+](=O)[O-])ccc32)C2CC2)CC1. The molecule has 0 radical (unpaired) electrons. The fourth-order valence-corrected chi connectivity index (χ4v) is 4.11. The monoisotopic (exact) mass is 373 g/mol. The molecule has 1 heterocycles. The lowest BCUT2D eigenvalue weighted by Gasteiger charge is -2.36. The van der Waals surface area contributed by atoms with Crippen LogP contribution >= 0.6 is 0 Å². The van der Waals surface area contributed by atoms with Crippen molar-refractivity contribution in [3.63, 3.8) is 0 Å². The van der Waals surface area contributed by atoms with Crippen LogP contribution in [0.5, 0.6) is 0 Å². The third kappa shape index (κ3) is 3.48. The molecule has 8 heteroatoms. The Bertz CT molecular complexity index is 934. The summed E-state index contributed by atoms with van der Waals surface area (Å²) in [6.45, 7) is 2.15. The zero-order valence-corrected chi connectivity index (χ0v) is 15.3. The topological polar surface area (TPSA) is 98.6 Å². The summed E-state index contributed by atoms with van der Waals surface area (Å²) in [5.74, 6) is -0.0271. The number of fused-ring (bicyclic) bond motifs is 1. The van der Waals surface area contributed by atoms with Gasteiger partial charge in [-0.2, -0.15) is 0 Å². The molecule has 4 rings (SSSR count). The molecule has 0 unspecified atom stereocenters. The predicted molar refractivity (Wildman–Crippen MR) is 98.4 cm³/mol. The number of amides is 1.